The average Bonchev–Trinajstić information content (AvgIpc) is 2.48. The number of morpholine rings is 1. The number of amides is 1. The largest absolute Gasteiger partial charge is 0.465 e. The van der Waals surface area contributed by atoms with Crippen LogP contribution in [0.1, 0.15) is 0 Å². The maximum absolute atomic E-state index is 13.4. The first-order valence-electron chi connectivity index (χ1n) is 6.35. The van der Waals surface area contributed by atoms with Gasteiger partial charge in [0.25, 0.3) is 5.69 Å². The molecule has 120 valence electrons. The predicted molar refractivity (Wildman–Crippen MR) is 75.9 cm³/mol. The molecule has 0 spiro atoms. The topological polar surface area (TPSA) is 105 Å². The molecule has 22 heavy (non-hydrogen) atoms. The molecule has 1 atom stereocenters. The highest BCUT2D eigenvalue weighted by atomic mass is 35.5. The summed E-state index contributed by atoms with van der Waals surface area (Å²) in [5, 5.41) is 22.2. The summed E-state index contributed by atoms with van der Waals surface area (Å²) in [7, 11) is 0. The Labute approximate surface area is 129 Å². The van der Waals surface area contributed by atoms with E-state index in [-0.39, 0.29) is 42.6 Å². The van der Waals surface area contributed by atoms with Crippen molar-refractivity contribution in [2.45, 2.75) is 6.10 Å². The zero-order chi connectivity index (χ0) is 16.3. The van der Waals surface area contributed by atoms with Crippen LogP contribution in [-0.2, 0) is 4.74 Å². The Balaban J connectivity index is 2.06. The molecule has 10 heteroatoms. The summed E-state index contributed by atoms with van der Waals surface area (Å²) in [5.74, 6) is -0.786. The van der Waals surface area contributed by atoms with Crippen LogP contribution in [0.5, 0.6) is 0 Å². The maximum Gasteiger partial charge on any atom is 0.407 e. The van der Waals surface area contributed by atoms with E-state index >= 15 is 0 Å². The average molecular weight is 334 g/mol. The van der Waals surface area contributed by atoms with Gasteiger partial charge >= 0.3 is 6.09 Å². The van der Waals surface area contributed by atoms with Crippen LogP contribution in [0, 0.1) is 15.9 Å². The Kier molecular flexibility index (Phi) is 4.99. The molecule has 1 heterocycles. The highest BCUT2D eigenvalue weighted by Gasteiger charge is 2.25. The molecule has 2 rings (SSSR count). The molecule has 1 aliphatic rings. The van der Waals surface area contributed by atoms with E-state index in [9.17, 15) is 19.3 Å². The van der Waals surface area contributed by atoms with Crippen molar-refractivity contribution in [1.29, 1.82) is 0 Å². The summed E-state index contributed by atoms with van der Waals surface area (Å²) in [5.41, 5.74) is -0.403. The lowest BCUT2D eigenvalue weighted by atomic mass is 10.2. The summed E-state index contributed by atoms with van der Waals surface area (Å²) in [6.45, 7) is 0.731. The fourth-order valence-corrected chi connectivity index (χ4v) is 2.23. The number of nitro benzene ring substituents is 1. The number of carbonyl (C=O) groups is 1. The second-order valence-corrected chi connectivity index (χ2v) is 5.05. The van der Waals surface area contributed by atoms with Crippen LogP contribution in [0.15, 0.2) is 12.1 Å². The van der Waals surface area contributed by atoms with Crippen LogP contribution >= 0.6 is 11.6 Å². The maximum atomic E-state index is 13.4. The Bertz CT molecular complexity index is 600. The van der Waals surface area contributed by atoms with E-state index in [0.717, 1.165) is 12.1 Å². The van der Waals surface area contributed by atoms with E-state index in [1.807, 2.05) is 0 Å². The number of rotatable bonds is 4. The van der Waals surface area contributed by atoms with Crippen LogP contribution in [-0.4, -0.2) is 53.4 Å². The molecular formula is C12H13ClFN3O5. The third-order valence-electron chi connectivity index (χ3n) is 3.16. The van der Waals surface area contributed by atoms with Crippen molar-refractivity contribution in [3.05, 3.63) is 33.1 Å². The lowest BCUT2D eigenvalue weighted by molar-refractivity contribution is -0.384. The summed E-state index contributed by atoms with van der Waals surface area (Å²) >= 11 is 5.53. The van der Waals surface area contributed by atoms with Gasteiger partial charge in [0.05, 0.1) is 29.2 Å². The number of nitro groups is 1. The highest BCUT2D eigenvalue weighted by Crippen LogP contribution is 2.30. The predicted octanol–water partition coefficient (Wildman–Crippen LogP) is 2.18. The Morgan fingerprint density at radius 1 is 1.64 bits per heavy atom. The first-order chi connectivity index (χ1) is 10.4. The van der Waals surface area contributed by atoms with Gasteiger partial charge in [-0.25, -0.2) is 9.18 Å². The molecule has 0 aromatic heterocycles. The van der Waals surface area contributed by atoms with Gasteiger partial charge in [0.2, 0.25) is 0 Å². The van der Waals surface area contributed by atoms with E-state index in [2.05, 4.69) is 5.32 Å². The minimum absolute atomic E-state index is 0.0389. The molecule has 1 unspecified atom stereocenters. The molecule has 1 saturated heterocycles. The van der Waals surface area contributed by atoms with Crippen molar-refractivity contribution < 1.29 is 24.0 Å². The standard InChI is InChI=1S/C12H13ClFN3O5/c13-8-3-11(17(20)21)10(4-9(8)14)15-5-7-6-16(12(18)19)1-2-22-7/h3-4,7,15H,1-2,5-6H2,(H,18,19). The molecule has 0 radical (unpaired) electrons. The monoisotopic (exact) mass is 333 g/mol. The van der Waals surface area contributed by atoms with Gasteiger partial charge in [-0.15, -0.1) is 0 Å². The van der Waals surface area contributed by atoms with Crippen molar-refractivity contribution in [1.82, 2.24) is 4.90 Å². The van der Waals surface area contributed by atoms with Gasteiger partial charge in [-0.05, 0) is 0 Å². The zero-order valence-electron chi connectivity index (χ0n) is 11.3. The molecule has 0 aliphatic carbocycles. The van der Waals surface area contributed by atoms with Crippen LogP contribution < -0.4 is 5.32 Å². The van der Waals surface area contributed by atoms with Crippen LogP contribution in [0.3, 0.4) is 0 Å². The van der Waals surface area contributed by atoms with Gasteiger partial charge in [-0.1, -0.05) is 11.6 Å². The first kappa shape index (κ1) is 16.2. The van der Waals surface area contributed by atoms with E-state index in [0.29, 0.717) is 0 Å². The van der Waals surface area contributed by atoms with Crippen molar-refractivity contribution in [3.8, 4) is 0 Å². The Hall–Kier alpha value is -2.13. The van der Waals surface area contributed by atoms with Gasteiger partial charge < -0.3 is 20.1 Å². The SMILES string of the molecule is O=C(O)N1CCOC(CNc2cc(F)c(Cl)cc2[N+](=O)[O-])C1. The second kappa shape index (κ2) is 6.75. The first-order valence-corrected chi connectivity index (χ1v) is 6.73. The quantitative estimate of drug-likeness (QED) is 0.646. The Morgan fingerprint density at radius 2 is 2.36 bits per heavy atom. The van der Waals surface area contributed by atoms with E-state index in [1.165, 1.54) is 4.90 Å². The number of anilines is 1. The third-order valence-corrected chi connectivity index (χ3v) is 3.45. The normalized spacial score (nSPS) is 18.1. The number of nitrogens with zero attached hydrogens (tertiary/aromatic N) is 2. The smallest absolute Gasteiger partial charge is 0.407 e. The molecule has 8 nitrogen and oxygen atoms in total. The van der Waals surface area contributed by atoms with Crippen molar-refractivity contribution in [3.63, 3.8) is 0 Å². The molecule has 1 aliphatic heterocycles. The number of benzene rings is 1. The lowest BCUT2D eigenvalue weighted by Gasteiger charge is -2.31. The molecule has 1 amide bonds. The summed E-state index contributed by atoms with van der Waals surface area (Å²) in [6, 6.07) is 1.85. The van der Waals surface area contributed by atoms with Crippen LogP contribution in [0.2, 0.25) is 5.02 Å². The van der Waals surface area contributed by atoms with E-state index < -0.39 is 22.9 Å². The van der Waals surface area contributed by atoms with Gasteiger partial charge in [0, 0.05) is 25.2 Å². The van der Waals surface area contributed by atoms with E-state index in [4.69, 9.17) is 21.4 Å². The summed E-state index contributed by atoms with van der Waals surface area (Å²) < 4.78 is 18.8. The molecule has 2 N–H and O–H groups in total. The molecule has 0 saturated carbocycles. The van der Waals surface area contributed by atoms with Gasteiger partial charge in [-0.3, -0.25) is 10.1 Å². The van der Waals surface area contributed by atoms with Crippen LogP contribution in [0.25, 0.3) is 0 Å². The molecular weight excluding hydrogens is 321 g/mol. The minimum Gasteiger partial charge on any atom is -0.465 e. The second-order valence-electron chi connectivity index (χ2n) is 4.64. The fraction of sp³-hybridized carbons (Fsp3) is 0.417. The van der Waals surface area contributed by atoms with E-state index in [1.54, 1.807) is 0 Å². The minimum atomic E-state index is -1.06. The van der Waals surface area contributed by atoms with Crippen molar-refractivity contribution >= 4 is 29.1 Å². The number of nitrogens with one attached hydrogen (secondary N) is 1. The number of carboxylic acid groups (broad SMARTS) is 1. The summed E-state index contributed by atoms with van der Waals surface area (Å²) in [6.07, 6.45) is -1.54. The van der Waals surface area contributed by atoms with Gasteiger partial charge in [-0.2, -0.15) is 0 Å². The van der Waals surface area contributed by atoms with Crippen molar-refractivity contribution in [2.75, 3.05) is 31.6 Å². The number of hydrogen-bond acceptors (Lipinski definition) is 5. The van der Waals surface area contributed by atoms with Crippen LogP contribution in [0.4, 0.5) is 20.6 Å². The molecule has 0 bridgehead atoms. The molecule has 1 fully saturated rings. The number of ether oxygens (including phenoxy) is 1. The highest BCUT2D eigenvalue weighted by molar-refractivity contribution is 6.31. The molecule has 1 aromatic rings. The van der Waals surface area contributed by atoms with Gasteiger partial charge in [0.1, 0.15) is 11.5 Å². The molecule has 1 aromatic carbocycles. The fourth-order valence-electron chi connectivity index (χ4n) is 2.07. The number of hydrogen-bond donors (Lipinski definition) is 2. The third kappa shape index (κ3) is 3.74. The van der Waals surface area contributed by atoms with Gasteiger partial charge in [0.15, 0.2) is 0 Å². The summed E-state index contributed by atoms with van der Waals surface area (Å²) in [4.78, 5) is 22.3. The number of halogens is 2. The lowest BCUT2D eigenvalue weighted by Crippen LogP contribution is -2.47. The van der Waals surface area contributed by atoms with Crippen molar-refractivity contribution in [2.24, 2.45) is 0 Å². The zero-order valence-corrected chi connectivity index (χ0v) is 12.0. The Morgan fingerprint density at radius 3 is 3.00 bits per heavy atom.